The number of amides is 2. The number of nitrogens with zero attached hydrogens (tertiary/aromatic N) is 4. The number of hydrogen-bond acceptors (Lipinski definition) is 4. The van der Waals surface area contributed by atoms with Crippen LogP contribution in [0.2, 0.25) is 0 Å². The molecule has 2 heterocycles. The van der Waals surface area contributed by atoms with Crippen LogP contribution < -0.4 is 4.90 Å². The Labute approximate surface area is 181 Å². The van der Waals surface area contributed by atoms with E-state index in [1.54, 1.807) is 29.2 Å². The van der Waals surface area contributed by atoms with Gasteiger partial charge in [-0.3, -0.25) is 4.90 Å². The van der Waals surface area contributed by atoms with Gasteiger partial charge in [0.05, 0.1) is 6.54 Å². The van der Waals surface area contributed by atoms with Gasteiger partial charge in [-0.05, 0) is 43.5 Å². The average molecular weight is 448 g/mol. The normalized spacial score (nSPS) is 14.4. The fourth-order valence-corrected chi connectivity index (χ4v) is 3.57. The first kappa shape index (κ1) is 21.8. The predicted octanol–water partition coefficient (Wildman–Crippen LogP) is 5.51. The molecule has 0 unspecified atom stereocenters. The molecule has 1 aliphatic heterocycles. The highest BCUT2D eigenvalue weighted by molar-refractivity contribution is 5.92. The number of rotatable bonds is 4. The van der Waals surface area contributed by atoms with Crippen LogP contribution in [-0.2, 0) is 12.7 Å². The summed E-state index contributed by atoms with van der Waals surface area (Å²) in [5.41, 5.74) is 0.847. The Hall–Kier alpha value is -3.43. The summed E-state index contributed by atoms with van der Waals surface area (Å²) in [7, 11) is 0. The van der Waals surface area contributed by atoms with Crippen LogP contribution in [0.4, 0.5) is 28.0 Å². The molecule has 1 saturated heterocycles. The number of halogens is 4. The maximum atomic E-state index is 14.9. The highest BCUT2D eigenvalue weighted by atomic mass is 19.4. The largest absolute Gasteiger partial charge is 0.470 e. The van der Waals surface area contributed by atoms with E-state index < -0.39 is 23.8 Å². The topological polar surface area (TPSA) is 62.5 Å². The number of para-hydroxylation sites is 1. The molecule has 0 bridgehead atoms. The SMILES string of the molecule is O=C(N1CCCCC1)N(Cc1ccc(-c2nnc(C(F)(F)F)o2)cc1F)c1ccccc1. The Kier molecular flexibility index (Phi) is 6.11. The van der Waals surface area contributed by atoms with Crippen molar-refractivity contribution in [3.05, 3.63) is 65.8 Å². The summed E-state index contributed by atoms with van der Waals surface area (Å²) in [5, 5.41) is 6.30. The van der Waals surface area contributed by atoms with E-state index in [1.165, 1.54) is 17.0 Å². The lowest BCUT2D eigenvalue weighted by Crippen LogP contribution is -2.45. The molecule has 1 aromatic heterocycles. The van der Waals surface area contributed by atoms with E-state index in [1.807, 2.05) is 6.07 Å². The van der Waals surface area contributed by atoms with Gasteiger partial charge in [-0.2, -0.15) is 13.2 Å². The van der Waals surface area contributed by atoms with Crippen LogP contribution in [0.15, 0.2) is 52.9 Å². The minimum absolute atomic E-state index is 0.0165. The maximum absolute atomic E-state index is 14.9. The number of alkyl halides is 3. The molecule has 0 saturated carbocycles. The van der Waals surface area contributed by atoms with Crippen LogP contribution >= 0.6 is 0 Å². The van der Waals surface area contributed by atoms with Crippen molar-refractivity contribution in [1.82, 2.24) is 15.1 Å². The average Bonchev–Trinajstić information content (AvgIpc) is 3.30. The van der Waals surface area contributed by atoms with Gasteiger partial charge in [-0.1, -0.05) is 24.3 Å². The fourth-order valence-electron chi connectivity index (χ4n) is 3.57. The smallest absolute Gasteiger partial charge is 0.413 e. The molecule has 3 aromatic rings. The Morgan fingerprint density at radius 3 is 2.38 bits per heavy atom. The molecule has 32 heavy (non-hydrogen) atoms. The number of aromatic nitrogens is 2. The second-order valence-corrected chi connectivity index (χ2v) is 7.47. The third-order valence-corrected chi connectivity index (χ3v) is 5.22. The van der Waals surface area contributed by atoms with Gasteiger partial charge in [0.25, 0.3) is 0 Å². The van der Waals surface area contributed by atoms with Crippen molar-refractivity contribution in [2.24, 2.45) is 0 Å². The zero-order valence-electron chi connectivity index (χ0n) is 17.0. The van der Waals surface area contributed by atoms with Crippen molar-refractivity contribution in [1.29, 1.82) is 0 Å². The highest BCUT2D eigenvalue weighted by Gasteiger charge is 2.38. The van der Waals surface area contributed by atoms with Gasteiger partial charge in [-0.25, -0.2) is 9.18 Å². The van der Waals surface area contributed by atoms with Crippen LogP contribution in [0.5, 0.6) is 0 Å². The fraction of sp³-hybridized carbons (Fsp3) is 0.318. The molecule has 0 atom stereocenters. The number of benzene rings is 2. The third kappa shape index (κ3) is 4.74. The summed E-state index contributed by atoms with van der Waals surface area (Å²) in [6, 6.07) is 12.5. The number of likely N-dealkylation sites (tertiary alicyclic amines) is 1. The molecule has 2 amide bonds. The van der Waals surface area contributed by atoms with Gasteiger partial charge in [0.1, 0.15) is 5.82 Å². The van der Waals surface area contributed by atoms with Gasteiger partial charge in [-0.15, -0.1) is 10.2 Å². The van der Waals surface area contributed by atoms with Crippen LogP contribution in [0.3, 0.4) is 0 Å². The zero-order valence-corrected chi connectivity index (χ0v) is 17.0. The zero-order chi connectivity index (χ0) is 22.7. The molecular formula is C22H20F4N4O2. The first-order chi connectivity index (χ1) is 15.3. The molecule has 4 rings (SSSR count). The highest BCUT2D eigenvalue weighted by Crippen LogP contribution is 2.31. The number of hydrogen-bond donors (Lipinski definition) is 0. The van der Waals surface area contributed by atoms with Crippen molar-refractivity contribution in [2.75, 3.05) is 18.0 Å². The van der Waals surface area contributed by atoms with Crippen LogP contribution in [0.25, 0.3) is 11.5 Å². The third-order valence-electron chi connectivity index (χ3n) is 5.22. The molecule has 0 aliphatic carbocycles. The van der Waals surface area contributed by atoms with Crippen molar-refractivity contribution in [2.45, 2.75) is 32.0 Å². The second-order valence-electron chi connectivity index (χ2n) is 7.47. The lowest BCUT2D eigenvalue weighted by molar-refractivity contribution is -0.156. The number of piperidine rings is 1. The summed E-state index contributed by atoms with van der Waals surface area (Å²) in [6.07, 6.45) is -1.88. The summed E-state index contributed by atoms with van der Waals surface area (Å²) in [4.78, 5) is 16.4. The van der Waals surface area contributed by atoms with Crippen LogP contribution in [0.1, 0.15) is 30.7 Å². The van der Waals surface area contributed by atoms with E-state index in [-0.39, 0.29) is 23.7 Å². The lowest BCUT2D eigenvalue weighted by Gasteiger charge is -2.33. The first-order valence-corrected chi connectivity index (χ1v) is 10.1. The molecule has 2 aromatic carbocycles. The molecule has 6 nitrogen and oxygen atoms in total. The predicted molar refractivity (Wildman–Crippen MR) is 108 cm³/mol. The molecular weight excluding hydrogens is 428 g/mol. The van der Waals surface area contributed by atoms with Gasteiger partial charge >= 0.3 is 18.1 Å². The molecule has 0 spiro atoms. The first-order valence-electron chi connectivity index (χ1n) is 10.1. The minimum Gasteiger partial charge on any atom is -0.413 e. The van der Waals surface area contributed by atoms with E-state index in [2.05, 4.69) is 14.6 Å². The minimum atomic E-state index is -4.78. The van der Waals surface area contributed by atoms with E-state index in [9.17, 15) is 22.4 Å². The summed E-state index contributed by atoms with van der Waals surface area (Å²) >= 11 is 0. The van der Waals surface area contributed by atoms with E-state index >= 15 is 0 Å². The standard InChI is InChI=1S/C22H20F4N4O2/c23-18-13-15(19-27-28-20(32-19)22(24,25)26)9-10-16(18)14-30(17-7-3-1-4-8-17)21(31)29-11-5-2-6-12-29/h1,3-4,7-10,13H,2,5-6,11-12,14H2. The van der Waals surface area contributed by atoms with Crippen molar-refractivity contribution >= 4 is 11.7 Å². The van der Waals surface area contributed by atoms with Crippen molar-refractivity contribution in [3.8, 4) is 11.5 Å². The molecule has 0 N–H and O–H groups in total. The van der Waals surface area contributed by atoms with E-state index in [4.69, 9.17) is 0 Å². The van der Waals surface area contributed by atoms with Gasteiger partial charge in [0.2, 0.25) is 5.89 Å². The Morgan fingerprint density at radius 1 is 1.03 bits per heavy atom. The Bertz CT molecular complexity index is 1080. The maximum Gasteiger partial charge on any atom is 0.470 e. The number of carbonyl (C=O) groups excluding carboxylic acids is 1. The second kappa shape index (κ2) is 8.97. The number of urea groups is 1. The Morgan fingerprint density at radius 2 is 1.75 bits per heavy atom. The monoisotopic (exact) mass is 448 g/mol. The summed E-state index contributed by atoms with van der Waals surface area (Å²) < 4.78 is 57.6. The lowest BCUT2D eigenvalue weighted by atomic mass is 10.1. The summed E-state index contributed by atoms with van der Waals surface area (Å²) in [6.45, 7) is 1.24. The molecule has 168 valence electrons. The van der Waals surface area contributed by atoms with Crippen molar-refractivity contribution in [3.63, 3.8) is 0 Å². The molecule has 10 heteroatoms. The van der Waals surface area contributed by atoms with E-state index in [0.29, 0.717) is 18.8 Å². The molecule has 1 fully saturated rings. The molecule has 0 radical (unpaired) electrons. The quantitative estimate of drug-likeness (QED) is 0.494. The summed E-state index contributed by atoms with van der Waals surface area (Å²) in [5.74, 6) is -2.63. The number of anilines is 1. The van der Waals surface area contributed by atoms with E-state index in [0.717, 1.165) is 25.3 Å². The van der Waals surface area contributed by atoms with Crippen molar-refractivity contribution < 1.29 is 26.8 Å². The van der Waals surface area contributed by atoms with Crippen LogP contribution in [-0.4, -0.2) is 34.2 Å². The van der Waals surface area contributed by atoms with Gasteiger partial charge < -0.3 is 9.32 Å². The van der Waals surface area contributed by atoms with Crippen LogP contribution in [0, 0.1) is 5.82 Å². The molecule has 1 aliphatic rings. The Balaban J connectivity index is 1.59. The van der Waals surface area contributed by atoms with Gasteiger partial charge in [0.15, 0.2) is 0 Å². The van der Waals surface area contributed by atoms with Gasteiger partial charge in [0, 0.05) is 29.9 Å². The number of carbonyl (C=O) groups is 1.